The zero-order valence-electron chi connectivity index (χ0n) is 19.4. The van der Waals surface area contributed by atoms with Crippen LogP contribution in [0.5, 0.6) is 5.75 Å². The largest absolute Gasteiger partial charge is 0.497 e. The van der Waals surface area contributed by atoms with Crippen molar-refractivity contribution in [3.8, 4) is 17.0 Å². The van der Waals surface area contributed by atoms with Crippen molar-refractivity contribution in [3.63, 3.8) is 0 Å². The number of fused-ring (bicyclic) bond motifs is 1. The van der Waals surface area contributed by atoms with Gasteiger partial charge in [-0.05, 0) is 49.2 Å². The van der Waals surface area contributed by atoms with E-state index in [1.807, 2.05) is 30.3 Å². The summed E-state index contributed by atoms with van der Waals surface area (Å²) in [4.78, 5) is 18.1. The average Bonchev–Trinajstić information content (AvgIpc) is 3.52. The Morgan fingerprint density at radius 3 is 2.75 bits per heavy atom. The molecule has 36 heavy (non-hydrogen) atoms. The van der Waals surface area contributed by atoms with Gasteiger partial charge in [-0.15, -0.1) is 0 Å². The molecule has 2 aromatic carbocycles. The molecule has 0 bridgehead atoms. The molecule has 0 radical (unpaired) electrons. The van der Waals surface area contributed by atoms with Crippen LogP contribution in [0.3, 0.4) is 0 Å². The van der Waals surface area contributed by atoms with Gasteiger partial charge in [0.25, 0.3) is 11.6 Å². The van der Waals surface area contributed by atoms with Gasteiger partial charge in [-0.2, -0.15) is 5.10 Å². The number of benzene rings is 2. The van der Waals surface area contributed by atoms with Crippen LogP contribution in [0.25, 0.3) is 22.4 Å². The van der Waals surface area contributed by atoms with Gasteiger partial charge in [-0.25, -0.2) is 9.37 Å². The summed E-state index contributed by atoms with van der Waals surface area (Å²) in [6, 6.07) is 15.7. The number of carbonyl (C=O) groups excluding carboxylic acids is 1. The van der Waals surface area contributed by atoms with E-state index in [1.165, 1.54) is 12.3 Å². The van der Waals surface area contributed by atoms with E-state index in [0.29, 0.717) is 45.3 Å². The first-order valence-corrected chi connectivity index (χ1v) is 11.6. The minimum atomic E-state index is -0.326. The summed E-state index contributed by atoms with van der Waals surface area (Å²) in [5.74, 6) is 0.404. The van der Waals surface area contributed by atoms with Crippen molar-refractivity contribution in [2.75, 3.05) is 12.4 Å². The second-order valence-corrected chi connectivity index (χ2v) is 8.78. The highest BCUT2D eigenvalue weighted by Crippen LogP contribution is 2.41. The van der Waals surface area contributed by atoms with Crippen molar-refractivity contribution < 1.29 is 18.4 Å². The van der Waals surface area contributed by atoms with E-state index < -0.39 is 0 Å². The Morgan fingerprint density at radius 2 is 2.00 bits per heavy atom. The summed E-state index contributed by atoms with van der Waals surface area (Å²) in [6.07, 6.45) is 5.27. The molecule has 180 valence electrons. The predicted molar refractivity (Wildman–Crippen MR) is 131 cm³/mol. The van der Waals surface area contributed by atoms with Crippen LogP contribution in [0.15, 0.2) is 71.5 Å². The number of hydrogen-bond acceptors (Lipinski definition) is 6. The number of halogens is 1. The number of pyridine rings is 1. The fourth-order valence-electron chi connectivity index (χ4n) is 4.20. The quantitative estimate of drug-likeness (QED) is 0.333. The van der Waals surface area contributed by atoms with Gasteiger partial charge in [0.15, 0.2) is 0 Å². The molecule has 6 rings (SSSR count). The Hall–Kier alpha value is -4.53. The zero-order chi connectivity index (χ0) is 24.6. The van der Waals surface area contributed by atoms with Gasteiger partial charge in [-0.1, -0.05) is 23.4 Å². The number of aromatic nitrogens is 4. The molecule has 0 unspecified atom stereocenters. The van der Waals surface area contributed by atoms with Gasteiger partial charge < -0.3 is 14.6 Å². The molecule has 1 N–H and O–H groups in total. The number of rotatable bonds is 7. The van der Waals surface area contributed by atoms with E-state index in [-0.39, 0.29) is 18.3 Å². The topological polar surface area (TPSA) is 95.1 Å². The second kappa shape index (κ2) is 8.92. The molecule has 0 aliphatic heterocycles. The number of ether oxygens (including phenoxy) is 1. The van der Waals surface area contributed by atoms with E-state index in [1.54, 1.807) is 36.2 Å². The number of nitrogens with one attached hydrogen (secondary N) is 1. The van der Waals surface area contributed by atoms with Gasteiger partial charge >= 0.3 is 0 Å². The van der Waals surface area contributed by atoms with Gasteiger partial charge in [0, 0.05) is 28.9 Å². The number of anilines is 1. The lowest BCUT2D eigenvalue weighted by Crippen LogP contribution is -2.13. The molecule has 0 atom stereocenters. The number of nitrogens with zero attached hydrogens (tertiary/aromatic N) is 4. The molecule has 8 nitrogen and oxygen atoms in total. The average molecular weight is 484 g/mol. The molecule has 0 saturated heterocycles. The smallest absolute Gasteiger partial charge is 0.259 e. The van der Waals surface area contributed by atoms with Crippen LogP contribution in [-0.2, 0) is 6.54 Å². The summed E-state index contributed by atoms with van der Waals surface area (Å²) in [6.45, 7) is 0.251. The molecule has 1 saturated carbocycles. The minimum Gasteiger partial charge on any atom is -0.497 e. The van der Waals surface area contributed by atoms with E-state index in [4.69, 9.17) is 9.26 Å². The van der Waals surface area contributed by atoms with E-state index in [9.17, 15) is 9.18 Å². The zero-order valence-corrected chi connectivity index (χ0v) is 19.4. The lowest BCUT2D eigenvalue weighted by molar-refractivity contribution is 0.102. The summed E-state index contributed by atoms with van der Waals surface area (Å²) < 4.78 is 26.4. The molecule has 1 aliphatic carbocycles. The fraction of sp³-hybridized carbons (Fsp3) is 0.185. The van der Waals surface area contributed by atoms with Crippen LogP contribution in [0.1, 0.15) is 40.4 Å². The standard InChI is InChI=1S/C27H22FN5O3/c1-35-20-10-8-17(9-11-20)25-24-21(12-23(16-6-7-16)31-27(24)36-32-25)26(34)30-19-13-29-33(15-19)14-18-4-2-3-5-22(18)28/h2-5,8-13,15-16H,6-7,14H2,1H3,(H,30,34). The van der Waals surface area contributed by atoms with Crippen molar-refractivity contribution in [3.05, 3.63) is 89.6 Å². The minimum absolute atomic E-state index is 0.251. The molecule has 0 spiro atoms. The molecule has 3 aromatic heterocycles. The van der Waals surface area contributed by atoms with Crippen LogP contribution in [0, 0.1) is 5.82 Å². The molecule has 1 aliphatic rings. The first-order chi connectivity index (χ1) is 17.6. The number of methoxy groups -OCH3 is 1. The maximum Gasteiger partial charge on any atom is 0.259 e. The first kappa shape index (κ1) is 22.0. The Balaban J connectivity index is 1.33. The Kier molecular flexibility index (Phi) is 5.44. The van der Waals surface area contributed by atoms with E-state index in [2.05, 4.69) is 20.6 Å². The normalized spacial score (nSPS) is 13.2. The van der Waals surface area contributed by atoms with Crippen molar-refractivity contribution in [1.29, 1.82) is 0 Å². The third-order valence-corrected chi connectivity index (χ3v) is 6.25. The lowest BCUT2D eigenvalue weighted by atomic mass is 10.0. The SMILES string of the molecule is COc1ccc(-c2noc3nc(C4CC4)cc(C(=O)Nc4cnn(Cc5ccccc5F)c4)c23)cc1. The van der Waals surface area contributed by atoms with Crippen LogP contribution < -0.4 is 10.1 Å². The summed E-state index contributed by atoms with van der Waals surface area (Å²) in [5.41, 5.74) is 3.89. The highest BCUT2D eigenvalue weighted by Gasteiger charge is 2.29. The number of carbonyl (C=O) groups is 1. The Labute approximate surface area is 205 Å². The molecular weight excluding hydrogens is 461 g/mol. The first-order valence-electron chi connectivity index (χ1n) is 11.6. The highest BCUT2D eigenvalue weighted by atomic mass is 19.1. The second-order valence-electron chi connectivity index (χ2n) is 8.78. The maximum atomic E-state index is 14.0. The Morgan fingerprint density at radius 1 is 1.19 bits per heavy atom. The van der Waals surface area contributed by atoms with Crippen molar-refractivity contribution in [2.45, 2.75) is 25.3 Å². The molecule has 1 fully saturated rings. The van der Waals surface area contributed by atoms with Crippen LogP contribution >= 0.6 is 0 Å². The molecule has 3 heterocycles. The van der Waals surface area contributed by atoms with Crippen molar-refractivity contribution in [1.82, 2.24) is 19.9 Å². The van der Waals surface area contributed by atoms with Gasteiger partial charge in [0.05, 0.1) is 36.5 Å². The summed E-state index contributed by atoms with van der Waals surface area (Å²) in [7, 11) is 1.60. The maximum absolute atomic E-state index is 14.0. The highest BCUT2D eigenvalue weighted by molar-refractivity contribution is 6.14. The van der Waals surface area contributed by atoms with E-state index >= 15 is 0 Å². The fourth-order valence-corrected chi connectivity index (χ4v) is 4.20. The molecule has 1 amide bonds. The Bertz CT molecular complexity index is 1570. The van der Waals surface area contributed by atoms with Crippen LogP contribution in [0.4, 0.5) is 10.1 Å². The van der Waals surface area contributed by atoms with Crippen LogP contribution in [0.2, 0.25) is 0 Å². The third-order valence-electron chi connectivity index (χ3n) is 6.25. The summed E-state index contributed by atoms with van der Waals surface area (Å²) in [5, 5.41) is 12.0. The van der Waals surface area contributed by atoms with Crippen molar-refractivity contribution >= 4 is 22.7 Å². The van der Waals surface area contributed by atoms with Gasteiger partial charge in [0.2, 0.25) is 0 Å². The molecular formula is C27H22FN5O3. The monoisotopic (exact) mass is 483 g/mol. The number of amides is 1. The molecule has 9 heteroatoms. The third kappa shape index (κ3) is 4.19. The predicted octanol–water partition coefficient (Wildman–Crippen LogP) is 5.41. The number of hydrogen-bond donors (Lipinski definition) is 1. The summed E-state index contributed by atoms with van der Waals surface area (Å²) >= 11 is 0. The van der Waals surface area contributed by atoms with Crippen LogP contribution in [-0.4, -0.2) is 32.9 Å². The van der Waals surface area contributed by atoms with E-state index in [0.717, 1.165) is 24.1 Å². The van der Waals surface area contributed by atoms with Gasteiger partial charge in [0.1, 0.15) is 17.3 Å². The van der Waals surface area contributed by atoms with Gasteiger partial charge in [-0.3, -0.25) is 9.48 Å². The lowest BCUT2D eigenvalue weighted by Gasteiger charge is -2.08. The van der Waals surface area contributed by atoms with Crippen molar-refractivity contribution in [2.24, 2.45) is 0 Å². The molecule has 5 aromatic rings.